The normalized spacial score (nSPS) is 24.6. The first-order valence-electron chi connectivity index (χ1n) is 7.35. The molecule has 0 aromatic heterocycles. The molecule has 0 radical (unpaired) electrons. The van der Waals surface area contributed by atoms with Crippen LogP contribution in [0.25, 0.3) is 0 Å². The van der Waals surface area contributed by atoms with Crippen LogP contribution in [0.3, 0.4) is 0 Å². The van der Waals surface area contributed by atoms with E-state index in [2.05, 4.69) is 17.1 Å². The van der Waals surface area contributed by atoms with Crippen LogP contribution in [0.1, 0.15) is 26.7 Å². The maximum absolute atomic E-state index is 12.4. The lowest BCUT2D eigenvalue weighted by Crippen LogP contribution is -2.51. The number of hydrogen-bond acceptors (Lipinski definition) is 3. The molecule has 0 saturated carbocycles. The average molecular weight is 311 g/mol. The summed E-state index contributed by atoms with van der Waals surface area (Å²) in [6.07, 6.45) is 2.01. The highest BCUT2D eigenvalue weighted by atomic mass is 35.5. The van der Waals surface area contributed by atoms with E-state index in [0.29, 0.717) is 10.7 Å². The number of carbonyl (C=O) groups is 1. The van der Waals surface area contributed by atoms with Gasteiger partial charge in [0.25, 0.3) is 0 Å². The zero-order chi connectivity index (χ0) is 15.5. The van der Waals surface area contributed by atoms with Gasteiger partial charge >= 0.3 is 0 Å². The molecule has 2 atom stereocenters. The summed E-state index contributed by atoms with van der Waals surface area (Å²) in [5.74, 6) is -0.0422. The number of halogens is 1. The van der Waals surface area contributed by atoms with E-state index in [-0.39, 0.29) is 24.0 Å². The number of rotatable bonds is 4. The second-order valence-electron chi connectivity index (χ2n) is 6.22. The van der Waals surface area contributed by atoms with Gasteiger partial charge in [-0.1, -0.05) is 24.6 Å². The molecule has 5 heteroatoms. The van der Waals surface area contributed by atoms with Crippen molar-refractivity contribution < 1.29 is 9.90 Å². The Balaban J connectivity index is 1.99. The van der Waals surface area contributed by atoms with Crippen LogP contribution in [-0.2, 0) is 4.79 Å². The second-order valence-corrected chi connectivity index (χ2v) is 6.65. The van der Waals surface area contributed by atoms with Gasteiger partial charge in [0, 0.05) is 29.3 Å². The monoisotopic (exact) mass is 310 g/mol. The molecular formula is C16H23ClN2O2. The van der Waals surface area contributed by atoms with Crippen molar-refractivity contribution in [1.82, 2.24) is 4.90 Å². The molecule has 2 rings (SSSR count). The van der Waals surface area contributed by atoms with E-state index in [1.165, 1.54) is 0 Å². The molecule has 0 spiro atoms. The van der Waals surface area contributed by atoms with Crippen LogP contribution in [0.15, 0.2) is 24.3 Å². The third-order valence-electron chi connectivity index (χ3n) is 4.21. The summed E-state index contributed by atoms with van der Waals surface area (Å²) in [5.41, 5.74) is 0.601. The van der Waals surface area contributed by atoms with E-state index < -0.39 is 0 Å². The third-order valence-corrected chi connectivity index (χ3v) is 4.45. The lowest BCUT2D eigenvalue weighted by molar-refractivity contribution is -0.122. The maximum Gasteiger partial charge on any atom is 0.241 e. The van der Waals surface area contributed by atoms with Crippen LogP contribution in [0.2, 0.25) is 5.02 Å². The summed E-state index contributed by atoms with van der Waals surface area (Å²) in [5, 5.41) is 13.0. The van der Waals surface area contributed by atoms with Gasteiger partial charge in [-0.25, -0.2) is 0 Å². The van der Waals surface area contributed by atoms with E-state index in [1.807, 2.05) is 19.1 Å². The van der Waals surface area contributed by atoms with Crippen molar-refractivity contribution in [1.29, 1.82) is 0 Å². The van der Waals surface area contributed by atoms with Crippen molar-refractivity contribution in [3.8, 4) is 0 Å². The molecule has 1 aliphatic heterocycles. The zero-order valence-electron chi connectivity index (χ0n) is 12.6. The predicted molar refractivity (Wildman–Crippen MR) is 85.5 cm³/mol. The minimum Gasteiger partial charge on any atom is -0.396 e. The highest BCUT2D eigenvalue weighted by Crippen LogP contribution is 2.30. The van der Waals surface area contributed by atoms with Crippen molar-refractivity contribution in [2.24, 2.45) is 5.41 Å². The zero-order valence-corrected chi connectivity index (χ0v) is 13.4. The fourth-order valence-electron chi connectivity index (χ4n) is 2.80. The van der Waals surface area contributed by atoms with Crippen LogP contribution in [0.4, 0.5) is 5.69 Å². The van der Waals surface area contributed by atoms with Crippen molar-refractivity contribution in [2.75, 3.05) is 25.0 Å². The van der Waals surface area contributed by atoms with Crippen molar-refractivity contribution in [2.45, 2.75) is 32.7 Å². The fourth-order valence-corrected chi connectivity index (χ4v) is 2.99. The highest BCUT2D eigenvalue weighted by Gasteiger charge is 2.34. The molecular weight excluding hydrogens is 288 g/mol. The highest BCUT2D eigenvalue weighted by molar-refractivity contribution is 6.30. The Kier molecular flexibility index (Phi) is 5.25. The number of amides is 1. The SMILES string of the molecule is CC(C(=O)Nc1cccc(Cl)c1)N1CCCC(C)(CO)C1. The van der Waals surface area contributed by atoms with Crippen LogP contribution >= 0.6 is 11.6 Å². The molecule has 2 unspecified atom stereocenters. The Hall–Kier alpha value is -1.10. The molecule has 1 fully saturated rings. The predicted octanol–water partition coefficient (Wildman–Crippen LogP) is 2.76. The van der Waals surface area contributed by atoms with Crippen molar-refractivity contribution in [3.63, 3.8) is 0 Å². The Morgan fingerprint density at radius 3 is 3.00 bits per heavy atom. The molecule has 1 amide bonds. The Bertz CT molecular complexity index is 509. The van der Waals surface area contributed by atoms with Gasteiger partial charge in [0.15, 0.2) is 0 Å². The molecule has 1 saturated heterocycles. The number of anilines is 1. The fraction of sp³-hybridized carbons (Fsp3) is 0.562. The molecule has 116 valence electrons. The first kappa shape index (κ1) is 16.3. The summed E-state index contributed by atoms with van der Waals surface area (Å²) in [7, 11) is 0. The summed E-state index contributed by atoms with van der Waals surface area (Å²) in [4.78, 5) is 14.5. The topological polar surface area (TPSA) is 52.6 Å². The number of likely N-dealkylation sites (tertiary alicyclic amines) is 1. The van der Waals surface area contributed by atoms with E-state index in [1.54, 1.807) is 12.1 Å². The van der Waals surface area contributed by atoms with Gasteiger partial charge < -0.3 is 10.4 Å². The second kappa shape index (κ2) is 6.77. The quantitative estimate of drug-likeness (QED) is 0.899. The van der Waals surface area contributed by atoms with Crippen molar-refractivity contribution >= 4 is 23.2 Å². The molecule has 1 aliphatic rings. The number of nitrogens with one attached hydrogen (secondary N) is 1. The van der Waals surface area contributed by atoms with Crippen LogP contribution in [-0.4, -0.2) is 41.7 Å². The van der Waals surface area contributed by atoms with E-state index >= 15 is 0 Å². The summed E-state index contributed by atoms with van der Waals surface area (Å²) < 4.78 is 0. The molecule has 2 N–H and O–H groups in total. The summed E-state index contributed by atoms with van der Waals surface area (Å²) in [6.45, 7) is 5.77. The van der Waals surface area contributed by atoms with Crippen LogP contribution < -0.4 is 5.32 Å². The van der Waals surface area contributed by atoms with Gasteiger partial charge in [0.1, 0.15) is 0 Å². The first-order chi connectivity index (χ1) is 9.93. The minimum atomic E-state index is -0.227. The molecule has 4 nitrogen and oxygen atoms in total. The number of hydrogen-bond donors (Lipinski definition) is 2. The minimum absolute atomic E-state index is 0.0422. The van der Waals surface area contributed by atoms with Crippen LogP contribution in [0, 0.1) is 5.41 Å². The van der Waals surface area contributed by atoms with Gasteiger partial charge in [-0.15, -0.1) is 0 Å². The largest absolute Gasteiger partial charge is 0.396 e. The number of piperidine rings is 1. The summed E-state index contributed by atoms with van der Waals surface area (Å²) >= 11 is 5.92. The molecule has 1 heterocycles. The van der Waals surface area contributed by atoms with E-state index in [4.69, 9.17) is 11.6 Å². The smallest absolute Gasteiger partial charge is 0.241 e. The van der Waals surface area contributed by atoms with Gasteiger partial charge in [-0.2, -0.15) is 0 Å². The standard InChI is InChI=1S/C16H23ClN2O2/c1-12(19-8-4-7-16(2,10-19)11-20)15(21)18-14-6-3-5-13(17)9-14/h3,5-6,9,12,20H,4,7-8,10-11H2,1-2H3,(H,18,21). The van der Waals surface area contributed by atoms with Gasteiger partial charge in [-0.05, 0) is 44.5 Å². The van der Waals surface area contributed by atoms with Crippen LogP contribution in [0.5, 0.6) is 0 Å². The lowest BCUT2D eigenvalue weighted by Gasteiger charge is -2.41. The van der Waals surface area contributed by atoms with E-state index in [9.17, 15) is 9.90 Å². The van der Waals surface area contributed by atoms with Gasteiger partial charge in [-0.3, -0.25) is 9.69 Å². The summed E-state index contributed by atoms with van der Waals surface area (Å²) in [6, 6.07) is 6.92. The molecule has 1 aromatic carbocycles. The Labute approximate surface area is 131 Å². The van der Waals surface area contributed by atoms with Crippen molar-refractivity contribution in [3.05, 3.63) is 29.3 Å². The molecule has 21 heavy (non-hydrogen) atoms. The van der Waals surface area contributed by atoms with Gasteiger partial charge in [0.05, 0.1) is 6.04 Å². The molecule has 0 bridgehead atoms. The Morgan fingerprint density at radius 2 is 2.33 bits per heavy atom. The van der Waals surface area contributed by atoms with Gasteiger partial charge in [0.2, 0.25) is 5.91 Å². The number of carbonyl (C=O) groups excluding carboxylic acids is 1. The van der Waals surface area contributed by atoms with E-state index in [0.717, 1.165) is 25.9 Å². The third kappa shape index (κ3) is 4.19. The number of aliphatic hydroxyl groups is 1. The Morgan fingerprint density at radius 1 is 1.57 bits per heavy atom. The molecule has 0 aliphatic carbocycles. The molecule has 1 aromatic rings. The maximum atomic E-state index is 12.4. The lowest BCUT2D eigenvalue weighted by atomic mass is 9.82. The first-order valence-corrected chi connectivity index (χ1v) is 7.73. The number of benzene rings is 1. The number of nitrogens with zero attached hydrogens (tertiary/aromatic N) is 1. The number of aliphatic hydroxyl groups excluding tert-OH is 1. The average Bonchev–Trinajstić information content (AvgIpc) is 2.46.